The van der Waals surface area contributed by atoms with Gasteiger partial charge in [-0.1, -0.05) is 6.92 Å². The molecule has 0 radical (unpaired) electrons. The van der Waals surface area contributed by atoms with Crippen molar-refractivity contribution in [1.29, 1.82) is 0 Å². The number of carboxylic acid groups (broad SMARTS) is 1. The summed E-state index contributed by atoms with van der Waals surface area (Å²) in [5, 5.41) is 11.6. The van der Waals surface area contributed by atoms with Gasteiger partial charge < -0.3 is 10.4 Å². The minimum Gasteiger partial charge on any atom is -0.480 e. The summed E-state index contributed by atoms with van der Waals surface area (Å²) < 4.78 is 26.9. The molecule has 2 unspecified atom stereocenters. The van der Waals surface area contributed by atoms with E-state index in [9.17, 15) is 18.0 Å². The molecule has 132 valence electrons. The van der Waals surface area contributed by atoms with Crippen molar-refractivity contribution in [3.63, 3.8) is 0 Å². The van der Waals surface area contributed by atoms with Crippen LogP contribution in [0.3, 0.4) is 0 Å². The van der Waals surface area contributed by atoms with Crippen molar-refractivity contribution in [2.75, 3.05) is 0 Å². The highest BCUT2D eigenvalue weighted by atomic mass is 32.2. The first-order chi connectivity index (χ1) is 11.2. The summed E-state index contributed by atoms with van der Waals surface area (Å²) in [6.07, 6.45) is 2.24. The number of amides is 1. The average molecular weight is 354 g/mol. The Hall–Kier alpha value is -1.93. The Morgan fingerprint density at radius 2 is 1.83 bits per heavy atom. The van der Waals surface area contributed by atoms with Gasteiger partial charge in [0.25, 0.3) is 5.91 Å². The van der Waals surface area contributed by atoms with Gasteiger partial charge >= 0.3 is 5.97 Å². The molecule has 0 aliphatic heterocycles. The predicted molar refractivity (Wildman–Crippen MR) is 88.1 cm³/mol. The Labute approximate surface area is 141 Å². The lowest BCUT2D eigenvalue weighted by atomic mass is 10.1. The van der Waals surface area contributed by atoms with Gasteiger partial charge in [-0.25, -0.2) is 17.9 Å². The molecule has 7 nitrogen and oxygen atoms in total. The molecular formula is C16H22N2O5S. The van der Waals surface area contributed by atoms with Crippen LogP contribution in [0, 0.1) is 5.92 Å². The molecule has 0 spiro atoms. The van der Waals surface area contributed by atoms with E-state index in [1.807, 2.05) is 6.92 Å². The third kappa shape index (κ3) is 4.55. The molecular weight excluding hydrogens is 332 g/mol. The van der Waals surface area contributed by atoms with Crippen LogP contribution in [0.2, 0.25) is 0 Å². The molecule has 0 aromatic heterocycles. The lowest BCUT2D eigenvalue weighted by Crippen LogP contribution is -2.42. The zero-order chi connectivity index (χ0) is 17.9. The molecule has 1 aromatic rings. The van der Waals surface area contributed by atoms with Gasteiger partial charge in [-0.15, -0.1) is 0 Å². The Balaban J connectivity index is 2.08. The maximum atomic E-state index is 12.2. The van der Waals surface area contributed by atoms with E-state index in [1.54, 1.807) is 6.92 Å². The Bertz CT molecular complexity index is 710. The van der Waals surface area contributed by atoms with Crippen LogP contribution in [-0.2, 0) is 14.8 Å². The van der Waals surface area contributed by atoms with Gasteiger partial charge in [-0.3, -0.25) is 4.79 Å². The van der Waals surface area contributed by atoms with E-state index in [1.165, 1.54) is 24.3 Å². The standard InChI is InChI=1S/C16H22N2O5S/c1-3-10(2)18-24(22,23)13-8-6-12(7-9-13)15(19)17-14(16(20)21)11-4-5-11/h6-11,14,18H,3-5H2,1-2H3,(H,17,19)(H,20,21). The van der Waals surface area contributed by atoms with Crippen LogP contribution in [0.1, 0.15) is 43.5 Å². The first-order valence-corrected chi connectivity index (χ1v) is 9.39. The Morgan fingerprint density at radius 1 is 1.25 bits per heavy atom. The maximum absolute atomic E-state index is 12.2. The van der Waals surface area contributed by atoms with E-state index in [0.717, 1.165) is 12.8 Å². The number of hydrogen-bond acceptors (Lipinski definition) is 4. The minimum atomic E-state index is -3.63. The van der Waals surface area contributed by atoms with Gasteiger partial charge in [0.15, 0.2) is 0 Å². The summed E-state index contributed by atoms with van der Waals surface area (Å²) in [4.78, 5) is 23.4. The molecule has 1 aromatic carbocycles. The topological polar surface area (TPSA) is 113 Å². The van der Waals surface area contributed by atoms with Crippen LogP contribution < -0.4 is 10.0 Å². The number of carbonyl (C=O) groups excluding carboxylic acids is 1. The zero-order valence-electron chi connectivity index (χ0n) is 13.7. The van der Waals surface area contributed by atoms with Crippen molar-refractivity contribution in [2.45, 2.75) is 50.1 Å². The van der Waals surface area contributed by atoms with E-state index < -0.39 is 27.9 Å². The highest BCUT2D eigenvalue weighted by Gasteiger charge is 2.37. The molecule has 2 atom stereocenters. The number of carbonyl (C=O) groups is 2. The number of benzene rings is 1. The lowest BCUT2D eigenvalue weighted by Gasteiger charge is -2.14. The summed E-state index contributed by atoms with van der Waals surface area (Å²) >= 11 is 0. The van der Waals surface area contributed by atoms with Gasteiger partial charge in [0.05, 0.1) is 4.90 Å². The third-order valence-corrected chi connectivity index (χ3v) is 5.65. The normalized spacial score (nSPS) is 17.1. The van der Waals surface area contributed by atoms with Crippen molar-refractivity contribution >= 4 is 21.9 Å². The molecule has 1 aliphatic rings. The fourth-order valence-electron chi connectivity index (χ4n) is 2.24. The van der Waals surface area contributed by atoms with Crippen LogP contribution in [0.25, 0.3) is 0 Å². The highest BCUT2D eigenvalue weighted by Crippen LogP contribution is 2.32. The summed E-state index contributed by atoms with van der Waals surface area (Å²) in [6.45, 7) is 3.64. The number of rotatable bonds is 8. The zero-order valence-corrected chi connectivity index (χ0v) is 14.5. The summed E-state index contributed by atoms with van der Waals surface area (Å²) in [5.41, 5.74) is 0.226. The molecule has 1 aliphatic carbocycles. The van der Waals surface area contributed by atoms with Crippen molar-refractivity contribution < 1.29 is 23.1 Å². The van der Waals surface area contributed by atoms with Crippen molar-refractivity contribution in [1.82, 2.24) is 10.0 Å². The molecule has 8 heteroatoms. The first kappa shape index (κ1) is 18.4. The van der Waals surface area contributed by atoms with E-state index in [2.05, 4.69) is 10.0 Å². The number of aliphatic carboxylic acids is 1. The monoisotopic (exact) mass is 354 g/mol. The van der Waals surface area contributed by atoms with Crippen molar-refractivity contribution in [3.05, 3.63) is 29.8 Å². The summed E-state index contributed by atoms with van der Waals surface area (Å²) in [7, 11) is -3.63. The van der Waals surface area contributed by atoms with Gasteiger partial charge in [-0.2, -0.15) is 0 Å². The average Bonchev–Trinajstić information content (AvgIpc) is 3.36. The first-order valence-electron chi connectivity index (χ1n) is 7.90. The predicted octanol–water partition coefficient (Wildman–Crippen LogP) is 1.36. The van der Waals surface area contributed by atoms with Gasteiger partial charge in [0.1, 0.15) is 6.04 Å². The molecule has 1 amide bonds. The second-order valence-electron chi connectivity index (χ2n) is 6.08. The Morgan fingerprint density at radius 3 is 2.29 bits per heavy atom. The molecule has 24 heavy (non-hydrogen) atoms. The summed E-state index contributed by atoms with van der Waals surface area (Å²) in [5.74, 6) is -1.60. The fourth-order valence-corrected chi connectivity index (χ4v) is 3.56. The third-order valence-electron chi connectivity index (χ3n) is 4.04. The van der Waals surface area contributed by atoms with E-state index in [4.69, 9.17) is 5.11 Å². The molecule has 0 heterocycles. The fraction of sp³-hybridized carbons (Fsp3) is 0.500. The second-order valence-corrected chi connectivity index (χ2v) is 7.80. The molecule has 2 rings (SSSR count). The largest absolute Gasteiger partial charge is 0.480 e. The number of nitrogens with one attached hydrogen (secondary N) is 2. The van der Waals surface area contributed by atoms with Crippen molar-refractivity contribution in [3.8, 4) is 0 Å². The smallest absolute Gasteiger partial charge is 0.326 e. The Kier molecular flexibility index (Phi) is 5.61. The SMILES string of the molecule is CCC(C)NS(=O)(=O)c1ccc(C(=O)NC(C(=O)O)C2CC2)cc1. The summed E-state index contributed by atoms with van der Waals surface area (Å²) in [6, 6.07) is 4.36. The number of carboxylic acids is 1. The van der Waals surface area contributed by atoms with E-state index in [-0.39, 0.29) is 22.4 Å². The maximum Gasteiger partial charge on any atom is 0.326 e. The van der Waals surface area contributed by atoms with E-state index in [0.29, 0.717) is 6.42 Å². The molecule has 0 saturated heterocycles. The number of sulfonamides is 1. The highest BCUT2D eigenvalue weighted by molar-refractivity contribution is 7.89. The molecule has 1 fully saturated rings. The van der Waals surface area contributed by atoms with E-state index >= 15 is 0 Å². The van der Waals surface area contributed by atoms with Crippen LogP contribution in [-0.4, -0.2) is 37.5 Å². The van der Waals surface area contributed by atoms with Crippen LogP contribution in [0.5, 0.6) is 0 Å². The van der Waals surface area contributed by atoms with Crippen molar-refractivity contribution in [2.24, 2.45) is 5.92 Å². The molecule has 0 bridgehead atoms. The quantitative estimate of drug-likeness (QED) is 0.652. The number of hydrogen-bond donors (Lipinski definition) is 3. The minimum absolute atomic E-state index is 0.0224. The van der Waals surface area contributed by atoms with Gasteiger partial charge in [-0.05, 0) is 56.4 Å². The second kappa shape index (κ2) is 7.31. The molecule has 1 saturated carbocycles. The van der Waals surface area contributed by atoms with Gasteiger partial charge in [0, 0.05) is 11.6 Å². The van der Waals surface area contributed by atoms with Crippen LogP contribution in [0.15, 0.2) is 29.2 Å². The van der Waals surface area contributed by atoms with Crippen LogP contribution in [0.4, 0.5) is 0 Å². The van der Waals surface area contributed by atoms with Gasteiger partial charge in [0.2, 0.25) is 10.0 Å². The molecule has 3 N–H and O–H groups in total. The lowest BCUT2D eigenvalue weighted by molar-refractivity contribution is -0.139. The van der Waals surface area contributed by atoms with Crippen LogP contribution >= 0.6 is 0 Å².